The summed E-state index contributed by atoms with van der Waals surface area (Å²) < 4.78 is 5.19. The van der Waals surface area contributed by atoms with Gasteiger partial charge in [0.1, 0.15) is 12.4 Å². The van der Waals surface area contributed by atoms with Crippen LogP contribution in [-0.2, 0) is 19.5 Å². The third-order valence-electron chi connectivity index (χ3n) is 9.10. The normalized spacial score (nSPS) is 11.6. The Labute approximate surface area is 253 Å². The van der Waals surface area contributed by atoms with Crippen LogP contribution in [0.4, 0.5) is 0 Å². The van der Waals surface area contributed by atoms with E-state index < -0.39 is 0 Å². The number of aryl methyl sites for hydroxylation is 2. The number of nitrogens with zero attached hydrogens (tertiary/aromatic N) is 2. The third kappa shape index (κ3) is 21.9. The average Bonchev–Trinajstić information content (AvgIpc) is 3.35. The number of hydrogen-bond donors (Lipinski definition) is 0. The second-order valence-corrected chi connectivity index (χ2v) is 13.0. The van der Waals surface area contributed by atoms with Gasteiger partial charge in [-0.05, 0) is 32.1 Å². The Morgan fingerprint density at radius 1 is 0.425 bits per heavy atom. The summed E-state index contributed by atoms with van der Waals surface area (Å²) in [6.45, 7) is 9.39. The zero-order valence-corrected chi connectivity index (χ0v) is 28.2. The molecule has 0 amide bonds. The summed E-state index contributed by atoms with van der Waals surface area (Å²) >= 11 is 0. The van der Waals surface area contributed by atoms with Crippen LogP contribution in [0.3, 0.4) is 0 Å². The van der Waals surface area contributed by atoms with Crippen LogP contribution in [0.15, 0.2) is 12.4 Å². The van der Waals surface area contributed by atoms with Crippen LogP contribution in [-0.4, -0.2) is 4.57 Å². The van der Waals surface area contributed by atoms with Crippen LogP contribution in [0, 0.1) is 0 Å². The molecule has 0 saturated carbocycles. The minimum Gasteiger partial charge on any atom is -0.234 e. The van der Waals surface area contributed by atoms with Gasteiger partial charge in [-0.15, -0.1) is 0 Å². The molecule has 0 atom stereocenters. The summed E-state index contributed by atoms with van der Waals surface area (Å²) in [7, 11) is 0. The van der Waals surface area contributed by atoms with Gasteiger partial charge < -0.3 is 0 Å². The topological polar surface area (TPSA) is 8.81 Å². The molecule has 0 aromatic carbocycles. The molecule has 0 spiro atoms. The van der Waals surface area contributed by atoms with Gasteiger partial charge in [0.15, 0.2) is 0 Å². The molecule has 1 rings (SSSR count). The van der Waals surface area contributed by atoms with Gasteiger partial charge in [-0.2, -0.15) is 0 Å². The third-order valence-corrected chi connectivity index (χ3v) is 9.10. The van der Waals surface area contributed by atoms with E-state index in [4.69, 9.17) is 0 Å². The summed E-state index contributed by atoms with van der Waals surface area (Å²) in [6.07, 6.45) is 47.5. The number of rotatable bonds is 32. The Bertz CT molecular complexity index is 619. The maximum Gasteiger partial charge on any atom is 0.256 e. The fourth-order valence-corrected chi connectivity index (χ4v) is 6.30. The predicted octanol–water partition coefficient (Wildman–Crippen LogP) is 12.7. The molecule has 0 N–H and O–H groups in total. The lowest BCUT2D eigenvalue weighted by atomic mass is 10.0. The highest BCUT2D eigenvalue weighted by atomic mass is 15.1. The first kappa shape index (κ1) is 37.2. The van der Waals surface area contributed by atoms with Crippen LogP contribution in [0.25, 0.3) is 0 Å². The van der Waals surface area contributed by atoms with Crippen LogP contribution in [0.1, 0.15) is 213 Å². The quantitative estimate of drug-likeness (QED) is 0.0613. The highest BCUT2D eigenvalue weighted by Gasteiger charge is 2.16. The van der Waals surface area contributed by atoms with Crippen LogP contribution in [0.5, 0.6) is 0 Å². The molecule has 0 aliphatic carbocycles. The van der Waals surface area contributed by atoms with E-state index in [1.807, 2.05) is 0 Å². The van der Waals surface area contributed by atoms with Gasteiger partial charge in [-0.1, -0.05) is 175 Å². The number of hydrogen-bond acceptors (Lipinski definition) is 0. The van der Waals surface area contributed by atoms with Gasteiger partial charge in [0.05, 0.1) is 13.1 Å². The van der Waals surface area contributed by atoms with Gasteiger partial charge in [-0.3, -0.25) is 0 Å². The maximum atomic E-state index is 2.59. The SMILES string of the molecule is CCCCCCCCCCCCCCCCCCC[n+]1ccn(CCCCCCCCCCCC)c1CCCC. The van der Waals surface area contributed by atoms with Crippen LogP contribution < -0.4 is 4.57 Å². The van der Waals surface area contributed by atoms with Crippen molar-refractivity contribution in [2.24, 2.45) is 0 Å². The molecule has 0 bridgehead atoms. The predicted molar refractivity (Wildman–Crippen MR) is 179 cm³/mol. The molecule has 0 aliphatic heterocycles. The summed E-state index contributed by atoms with van der Waals surface area (Å²) in [5.74, 6) is 1.59. The largest absolute Gasteiger partial charge is 0.256 e. The molecular formula is C38H75N2+. The first-order chi connectivity index (χ1) is 19.8. The lowest BCUT2D eigenvalue weighted by molar-refractivity contribution is -0.704. The average molecular weight is 560 g/mol. The Kier molecular flexibility index (Phi) is 27.6. The second kappa shape index (κ2) is 29.7. The Morgan fingerprint density at radius 2 is 0.775 bits per heavy atom. The highest BCUT2D eigenvalue weighted by molar-refractivity contribution is 4.84. The zero-order chi connectivity index (χ0) is 28.8. The number of aromatic nitrogens is 2. The minimum atomic E-state index is 1.22. The molecule has 0 radical (unpaired) electrons. The van der Waals surface area contributed by atoms with Crippen LogP contribution in [0.2, 0.25) is 0 Å². The van der Waals surface area contributed by atoms with E-state index in [0.29, 0.717) is 0 Å². The molecule has 0 saturated heterocycles. The van der Waals surface area contributed by atoms with E-state index in [-0.39, 0.29) is 0 Å². The van der Waals surface area contributed by atoms with Gasteiger partial charge in [0, 0.05) is 6.42 Å². The van der Waals surface area contributed by atoms with Crippen molar-refractivity contribution in [2.45, 2.75) is 226 Å². The molecular weight excluding hydrogens is 484 g/mol. The van der Waals surface area contributed by atoms with Crippen molar-refractivity contribution in [1.29, 1.82) is 0 Å². The van der Waals surface area contributed by atoms with Crippen molar-refractivity contribution >= 4 is 0 Å². The fourth-order valence-electron chi connectivity index (χ4n) is 6.30. The van der Waals surface area contributed by atoms with E-state index in [1.165, 1.54) is 206 Å². The summed E-state index contributed by atoms with van der Waals surface area (Å²) in [5.41, 5.74) is 0. The van der Waals surface area contributed by atoms with E-state index in [1.54, 1.807) is 5.82 Å². The smallest absolute Gasteiger partial charge is 0.234 e. The molecule has 0 aliphatic rings. The van der Waals surface area contributed by atoms with Crippen molar-refractivity contribution in [3.8, 4) is 0 Å². The lowest BCUT2D eigenvalue weighted by Crippen LogP contribution is -2.37. The van der Waals surface area contributed by atoms with Gasteiger partial charge >= 0.3 is 0 Å². The summed E-state index contributed by atoms with van der Waals surface area (Å²) in [4.78, 5) is 0. The first-order valence-electron chi connectivity index (χ1n) is 18.9. The molecule has 1 heterocycles. The van der Waals surface area contributed by atoms with Crippen molar-refractivity contribution in [2.75, 3.05) is 0 Å². The van der Waals surface area contributed by atoms with Crippen molar-refractivity contribution in [3.05, 3.63) is 18.2 Å². The van der Waals surface area contributed by atoms with E-state index >= 15 is 0 Å². The zero-order valence-electron chi connectivity index (χ0n) is 28.2. The van der Waals surface area contributed by atoms with Crippen molar-refractivity contribution < 1.29 is 4.57 Å². The monoisotopic (exact) mass is 560 g/mol. The molecule has 40 heavy (non-hydrogen) atoms. The molecule has 0 unspecified atom stereocenters. The second-order valence-electron chi connectivity index (χ2n) is 13.0. The van der Waals surface area contributed by atoms with Gasteiger partial charge in [0.25, 0.3) is 5.82 Å². The number of imidazole rings is 1. The Hall–Kier alpha value is -0.790. The first-order valence-corrected chi connectivity index (χ1v) is 18.9. The molecule has 236 valence electrons. The van der Waals surface area contributed by atoms with Crippen molar-refractivity contribution in [3.63, 3.8) is 0 Å². The van der Waals surface area contributed by atoms with Gasteiger partial charge in [-0.25, -0.2) is 9.13 Å². The highest BCUT2D eigenvalue weighted by Crippen LogP contribution is 2.15. The molecule has 1 aromatic heterocycles. The Balaban J connectivity index is 2.04. The van der Waals surface area contributed by atoms with E-state index in [2.05, 4.69) is 42.3 Å². The number of unbranched alkanes of at least 4 members (excludes halogenated alkanes) is 26. The van der Waals surface area contributed by atoms with E-state index in [9.17, 15) is 0 Å². The Morgan fingerprint density at radius 3 is 1.18 bits per heavy atom. The fraction of sp³-hybridized carbons (Fsp3) is 0.921. The minimum absolute atomic E-state index is 1.22. The van der Waals surface area contributed by atoms with Crippen molar-refractivity contribution in [1.82, 2.24) is 4.57 Å². The maximum absolute atomic E-state index is 2.59. The van der Waals surface area contributed by atoms with Crippen LogP contribution >= 0.6 is 0 Å². The van der Waals surface area contributed by atoms with E-state index in [0.717, 1.165) is 0 Å². The molecule has 2 heteroatoms. The summed E-state index contributed by atoms with van der Waals surface area (Å²) in [5, 5.41) is 0. The lowest BCUT2D eigenvalue weighted by Gasteiger charge is -2.06. The molecule has 2 nitrogen and oxygen atoms in total. The standard InChI is InChI=1S/C38H75N2/c1-4-7-10-12-14-16-18-19-20-21-22-23-24-26-28-30-32-35-40-37-36-39(38(40)33-9-6-3)34-31-29-27-25-17-15-13-11-8-5-2/h36-37H,4-35H2,1-3H3/q+1. The summed E-state index contributed by atoms with van der Waals surface area (Å²) in [6, 6.07) is 0. The molecule has 0 fully saturated rings. The van der Waals surface area contributed by atoms with Gasteiger partial charge in [0.2, 0.25) is 0 Å². The molecule has 1 aromatic rings.